The Morgan fingerprint density at radius 3 is 2.64 bits per heavy atom. The number of rotatable bonds is 4. The lowest BCUT2D eigenvalue weighted by Crippen LogP contribution is -2.49. The average Bonchev–Trinajstić information content (AvgIpc) is 3.25. The molecule has 4 aromatic rings. The summed E-state index contributed by atoms with van der Waals surface area (Å²) in [5.41, 5.74) is 3.09. The number of anilines is 1. The van der Waals surface area contributed by atoms with Crippen LogP contribution < -0.4 is 10.5 Å². The van der Waals surface area contributed by atoms with Gasteiger partial charge in [0, 0.05) is 43.3 Å². The fraction of sp³-hybridized carbons (Fsp3) is 0.364. The minimum atomic E-state index is -0.207. The first kappa shape index (κ1) is 21.0. The lowest BCUT2D eigenvalue weighted by Gasteiger charge is -2.35. The summed E-state index contributed by atoms with van der Waals surface area (Å²) in [6, 6.07) is 7.45. The lowest BCUT2D eigenvalue weighted by molar-refractivity contribution is 0.0734. The average molecular weight is 448 g/mol. The maximum Gasteiger partial charge on any atom is 0.293 e. The molecule has 0 atom stereocenters. The van der Waals surface area contributed by atoms with Crippen LogP contribution in [-0.4, -0.2) is 77.8 Å². The van der Waals surface area contributed by atoms with Gasteiger partial charge in [-0.25, -0.2) is 14.5 Å². The first-order valence-electron chi connectivity index (χ1n) is 10.8. The lowest BCUT2D eigenvalue weighted by atomic mass is 10.2. The van der Waals surface area contributed by atoms with Gasteiger partial charge in [0.25, 0.3) is 17.2 Å². The maximum atomic E-state index is 13.0. The Kier molecular flexibility index (Phi) is 5.25. The van der Waals surface area contributed by atoms with Crippen LogP contribution in [0.25, 0.3) is 16.7 Å². The molecule has 0 saturated carbocycles. The third-order valence-corrected chi connectivity index (χ3v) is 5.89. The van der Waals surface area contributed by atoms with Crippen LogP contribution in [0.4, 0.5) is 5.69 Å². The highest BCUT2D eigenvalue weighted by Gasteiger charge is 2.26. The Morgan fingerprint density at radius 2 is 1.88 bits per heavy atom. The fourth-order valence-corrected chi connectivity index (χ4v) is 4.18. The third kappa shape index (κ3) is 3.80. The highest BCUT2D eigenvalue weighted by molar-refractivity contribution is 5.91. The molecule has 1 amide bonds. The number of aryl methyl sites for hydroxylation is 2. The number of aliphatic hydroxyl groups excluding tert-OH is 1. The van der Waals surface area contributed by atoms with Gasteiger partial charge in [-0.3, -0.25) is 14.2 Å². The maximum absolute atomic E-state index is 13.0. The van der Waals surface area contributed by atoms with E-state index in [1.807, 2.05) is 32.0 Å². The summed E-state index contributed by atoms with van der Waals surface area (Å²) < 4.78 is 2.99. The summed E-state index contributed by atoms with van der Waals surface area (Å²) in [6.45, 7) is 6.24. The topological polar surface area (TPSA) is 122 Å². The number of amides is 1. The van der Waals surface area contributed by atoms with Gasteiger partial charge >= 0.3 is 0 Å². The van der Waals surface area contributed by atoms with Crippen LogP contribution in [-0.2, 0) is 6.54 Å². The molecular formula is C22H24N8O3. The molecule has 11 heteroatoms. The van der Waals surface area contributed by atoms with E-state index in [2.05, 4.69) is 25.0 Å². The molecule has 0 spiro atoms. The Morgan fingerprint density at radius 1 is 1.09 bits per heavy atom. The van der Waals surface area contributed by atoms with E-state index < -0.39 is 0 Å². The van der Waals surface area contributed by atoms with Gasteiger partial charge in [-0.2, -0.15) is 4.98 Å². The number of benzene rings is 1. The van der Waals surface area contributed by atoms with Crippen molar-refractivity contribution < 1.29 is 9.90 Å². The number of aliphatic hydroxyl groups is 1. The zero-order valence-electron chi connectivity index (χ0n) is 18.5. The monoisotopic (exact) mass is 448 g/mol. The SMILES string of the molecule is Cc1cc(C)n2nc(C(=O)N3CCN(c4ccc5c(=O)n(CCO)cnc5c4)CC3)nc2n1. The van der Waals surface area contributed by atoms with E-state index in [0.29, 0.717) is 42.9 Å². The standard InChI is InChI=1S/C22H24N8O3/c1-14-11-15(2)30-22(24-14)25-19(26-30)21(33)28-7-5-27(6-8-28)16-3-4-17-18(12-16)23-13-29(9-10-31)20(17)32/h3-4,11-13,31H,5-10H2,1-2H3. The Bertz CT molecular complexity index is 1420. The molecule has 1 aliphatic heterocycles. The summed E-state index contributed by atoms with van der Waals surface area (Å²) in [6.07, 6.45) is 1.46. The van der Waals surface area contributed by atoms with E-state index in [4.69, 9.17) is 5.11 Å². The molecule has 1 aliphatic rings. The van der Waals surface area contributed by atoms with E-state index in [1.54, 1.807) is 15.5 Å². The molecule has 1 aromatic carbocycles. The number of hydrogen-bond donors (Lipinski definition) is 1. The smallest absolute Gasteiger partial charge is 0.293 e. The number of nitrogens with zero attached hydrogens (tertiary/aromatic N) is 8. The molecule has 1 fully saturated rings. The van der Waals surface area contributed by atoms with Gasteiger partial charge in [-0.15, -0.1) is 5.10 Å². The van der Waals surface area contributed by atoms with Gasteiger partial charge in [0.05, 0.1) is 30.4 Å². The van der Waals surface area contributed by atoms with Crippen LogP contribution in [0.15, 0.2) is 35.4 Å². The van der Waals surface area contributed by atoms with E-state index in [0.717, 1.165) is 17.1 Å². The van der Waals surface area contributed by atoms with Crippen LogP contribution in [0.2, 0.25) is 0 Å². The van der Waals surface area contributed by atoms with E-state index >= 15 is 0 Å². The molecule has 1 saturated heterocycles. The van der Waals surface area contributed by atoms with E-state index in [-0.39, 0.29) is 30.4 Å². The summed E-state index contributed by atoms with van der Waals surface area (Å²) in [5, 5.41) is 14.0. The first-order valence-corrected chi connectivity index (χ1v) is 10.8. The molecule has 0 aliphatic carbocycles. The van der Waals surface area contributed by atoms with Crippen molar-refractivity contribution in [1.82, 2.24) is 34.0 Å². The minimum Gasteiger partial charge on any atom is -0.395 e. The second-order valence-electron chi connectivity index (χ2n) is 8.13. The molecule has 3 aromatic heterocycles. The summed E-state index contributed by atoms with van der Waals surface area (Å²) >= 11 is 0. The second kappa shape index (κ2) is 8.24. The molecular weight excluding hydrogens is 424 g/mol. The van der Waals surface area contributed by atoms with Crippen molar-refractivity contribution in [2.45, 2.75) is 20.4 Å². The van der Waals surface area contributed by atoms with Crippen LogP contribution in [0.3, 0.4) is 0 Å². The predicted molar refractivity (Wildman–Crippen MR) is 121 cm³/mol. The highest BCUT2D eigenvalue weighted by Crippen LogP contribution is 2.21. The number of hydrogen-bond acceptors (Lipinski definition) is 8. The molecule has 170 valence electrons. The van der Waals surface area contributed by atoms with Crippen molar-refractivity contribution in [3.05, 3.63) is 58.2 Å². The molecule has 0 radical (unpaired) electrons. The zero-order chi connectivity index (χ0) is 23.1. The van der Waals surface area contributed by atoms with Crippen LogP contribution in [0.5, 0.6) is 0 Å². The van der Waals surface area contributed by atoms with Crippen molar-refractivity contribution in [3.63, 3.8) is 0 Å². The Hall–Kier alpha value is -3.86. The Balaban J connectivity index is 1.31. The molecule has 5 rings (SSSR count). The van der Waals surface area contributed by atoms with Crippen LogP contribution in [0.1, 0.15) is 22.0 Å². The summed E-state index contributed by atoms with van der Waals surface area (Å²) in [4.78, 5) is 42.4. The molecule has 4 heterocycles. The molecule has 1 N–H and O–H groups in total. The van der Waals surface area contributed by atoms with Crippen molar-refractivity contribution >= 4 is 28.3 Å². The number of piperazine rings is 1. The van der Waals surface area contributed by atoms with Crippen LogP contribution in [0, 0.1) is 13.8 Å². The summed E-state index contributed by atoms with van der Waals surface area (Å²) in [5.74, 6) is 0.372. The van der Waals surface area contributed by atoms with Gasteiger partial charge in [-0.05, 0) is 38.1 Å². The minimum absolute atomic E-state index is 0.117. The number of fused-ring (bicyclic) bond motifs is 2. The summed E-state index contributed by atoms with van der Waals surface area (Å²) in [7, 11) is 0. The van der Waals surface area contributed by atoms with Crippen LogP contribution >= 0.6 is 0 Å². The first-order chi connectivity index (χ1) is 15.9. The largest absolute Gasteiger partial charge is 0.395 e. The van der Waals surface area contributed by atoms with Crippen molar-refractivity contribution in [3.8, 4) is 0 Å². The van der Waals surface area contributed by atoms with Crippen molar-refractivity contribution in [2.24, 2.45) is 0 Å². The van der Waals surface area contributed by atoms with E-state index in [9.17, 15) is 9.59 Å². The number of carbonyl (C=O) groups excluding carboxylic acids is 1. The zero-order valence-corrected chi connectivity index (χ0v) is 18.5. The van der Waals surface area contributed by atoms with Crippen molar-refractivity contribution in [1.29, 1.82) is 0 Å². The quantitative estimate of drug-likeness (QED) is 0.476. The van der Waals surface area contributed by atoms with Gasteiger partial charge in [0.15, 0.2) is 0 Å². The Labute approximate surface area is 188 Å². The molecule has 0 bridgehead atoms. The molecule has 11 nitrogen and oxygen atoms in total. The predicted octanol–water partition coefficient (Wildman–Crippen LogP) is 0.406. The molecule has 33 heavy (non-hydrogen) atoms. The van der Waals surface area contributed by atoms with Gasteiger partial charge < -0.3 is 14.9 Å². The van der Waals surface area contributed by atoms with Crippen molar-refractivity contribution in [2.75, 3.05) is 37.7 Å². The molecule has 0 unspecified atom stereocenters. The number of aromatic nitrogens is 6. The third-order valence-electron chi connectivity index (χ3n) is 5.89. The van der Waals surface area contributed by atoms with Gasteiger partial charge in [-0.1, -0.05) is 0 Å². The second-order valence-corrected chi connectivity index (χ2v) is 8.13. The fourth-order valence-electron chi connectivity index (χ4n) is 4.18. The van der Waals surface area contributed by atoms with E-state index in [1.165, 1.54) is 10.9 Å². The van der Waals surface area contributed by atoms with Gasteiger partial charge in [0.2, 0.25) is 5.82 Å². The number of carbonyl (C=O) groups is 1. The highest BCUT2D eigenvalue weighted by atomic mass is 16.3. The van der Waals surface area contributed by atoms with Gasteiger partial charge in [0.1, 0.15) is 0 Å². The normalized spacial score (nSPS) is 14.4.